The van der Waals surface area contributed by atoms with Crippen LogP contribution >= 0.6 is 22.9 Å². The molecular weight excluding hydrogens is 220 g/mol. The highest BCUT2D eigenvalue weighted by atomic mass is 35.5. The molecule has 5 heteroatoms. The second-order valence-electron chi connectivity index (χ2n) is 3.42. The fourth-order valence-corrected chi connectivity index (χ4v) is 1.92. The van der Waals surface area contributed by atoms with E-state index in [-0.39, 0.29) is 5.91 Å². The maximum absolute atomic E-state index is 11.3. The van der Waals surface area contributed by atoms with Crippen molar-refractivity contribution in [3.05, 3.63) is 11.1 Å². The van der Waals surface area contributed by atoms with Gasteiger partial charge >= 0.3 is 0 Å². The Kier molecular flexibility index (Phi) is 4.35. The summed E-state index contributed by atoms with van der Waals surface area (Å²) in [5, 5.41) is 5.21. The Morgan fingerprint density at radius 3 is 2.93 bits per heavy atom. The topological polar surface area (TPSA) is 42.0 Å². The minimum absolute atomic E-state index is 0.00970. The summed E-state index contributed by atoms with van der Waals surface area (Å²) in [4.78, 5) is 15.5. The van der Waals surface area contributed by atoms with Gasteiger partial charge in [-0.1, -0.05) is 13.8 Å². The van der Waals surface area contributed by atoms with E-state index in [1.54, 1.807) is 0 Å². The van der Waals surface area contributed by atoms with Crippen molar-refractivity contribution in [3.63, 3.8) is 0 Å². The first-order valence-corrected chi connectivity index (χ1v) is 5.83. The van der Waals surface area contributed by atoms with Gasteiger partial charge in [0.2, 0.25) is 5.91 Å². The third-order valence-corrected chi connectivity index (χ3v) is 2.61. The molecule has 0 unspecified atom stereocenters. The van der Waals surface area contributed by atoms with Crippen molar-refractivity contribution in [2.45, 2.75) is 26.1 Å². The van der Waals surface area contributed by atoms with E-state index in [9.17, 15) is 4.79 Å². The smallest absolute Gasteiger partial charge is 0.226 e. The molecule has 78 valence electrons. The Balaban J connectivity index is 2.47. The van der Waals surface area contributed by atoms with Crippen molar-refractivity contribution in [2.75, 3.05) is 5.32 Å². The molecule has 1 aromatic heterocycles. The Morgan fingerprint density at radius 2 is 2.43 bits per heavy atom. The predicted octanol–water partition coefficient (Wildman–Crippen LogP) is 2.87. The molecule has 1 N–H and O–H groups in total. The number of thiazole rings is 1. The molecule has 0 fully saturated rings. The number of carbonyl (C=O) groups is 1. The number of nitrogens with one attached hydrogen (secondary N) is 1. The average molecular weight is 233 g/mol. The van der Waals surface area contributed by atoms with E-state index in [1.807, 2.05) is 19.2 Å². The van der Waals surface area contributed by atoms with E-state index in [2.05, 4.69) is 10.3 Å². The van der Waals surface area contributed by atoms with E-state index < -0.39 is 0 Å². The maximum Gasteiger partial charge on any atom is 0.226 e. The first kappa shape index (κ1) is 11.5. The third-order valence-electron chi connectivity index (χ3n) is 1.53. The largest absolute Gasteiger partial charge is 0.302 e. The molecular formula is C9H13ClN2OS. The highest BCUT2D eigenvalue weighted by Gasteiger charge is 2.07. The summed E-state index contributed by atoms with van der Waals surface area (Å²) < 4.78 is 0. The molecule has 0 aliphatic rings. The number of halogens is 1. The Labute approximate surface area is 92.5 Å². The van der Waals surface area contributed by atoms with Gasteiger partial charge in [-0.3, -0.25) is 4.79 Å². The van der Waals surface area contributed by atoms with Gasteiger partial charge in [-0.15, -0.1) is 22.9 Å². The van der Waals surface area contributed by atoms with Gasteiger partial charge in [0.15, 0.2) is 5.13 Å². The van der Waals surface area contributed by atoms with Crippen molar-refractivity contribution >= 4 is 34.0 Å². The number of anilines is 1. The molecule has 0 aliphatic carbocycles. The Bertz CT molecular complexity index is 312. The molecule has 0 aromatic carbocycles. The summed E-state index contributed by atoms with van der Waals surface area (Å²) in [6.07, 6.45) is 0.524. The quantitative estimate of drug-likeness (QED) is 0.812. The molecule has 0 saturated carbocycles. The molecule has 0 aliphatic heterocycles. The molecule has 0 spiro atoms. The first-order valence-electron chi connectivity index (χ1n) is 4.42. The van der Waals surface area contributed by atoms with Crippen molar-refractivity contribution in [1.82, 2.24) is 4.98 Å². The van der Waals surface area contributed by atoms with Crippen LogP contribution in [-0.2, 0) is 10.7 Å². The van der Waals surface area contributed by atoms with E-state index in [4.69, 9.17) is 11.6 Å². The highest BCUT2D eigenvalue weighted by molar-refractivity contribution is 7.13. The molecule has 0 atom stereocenters. The number of rotatable bonds is 4. The van der Waals surface area contributed by atoms with E-state index in [0.29, 0.717) is 23.4 Å². The SMILES string of the molecule is CC(C)CC(=O)Nc1nc(CCl)cs1. The molecule has 1 heterocycles. The van der Waals surface area contributed by atoms with Crippen LogP contribution < -0.4 is 5.32 Å². The van der Waals surface area contributed by atoms with Crippen LogP contribution in [0.2, 0.25) is 0 Å². The lowest BCUT2D eigenvalue weighted by molar-refractivity contribution is -0.116. The van der Waals surface area contributed by atoms with Gasteiger partial charge in [-0.2, -0.15) is 0 Å². The summed E-state index contributed by atoms with van der Waals surface area (Å²) >= 11 is 6.99. The molecule has 0 saturated heterocycles. The summed E-state index contributed by atoms with van der Waals surface area (Å²) in [7, 11) is 0. The van der Waals surface area contributed by atoms with Gasteiger partial charge in [-0.25, -0.2) is 4.98 Å². The van der Waals surface area contributed by atoms with Crippen LogP contribution in [0.5, 0.6) is 0 Å². The molecule has 1 rings (SSSR count). The predicted molar refractivity (Wildman–Crippen MR) is 59.8 cm³/mol. The van der Waals surface area contributed by atoms with Gasteiger partial charge in [0.05, 0.1) is 11.6 Å². The van der Waals surface area contributed by atoms with Crippen LogP contribution in [0.1, 0.15) is 26.0 Å². The lowest BCUT2D eigenvalue weighted by atomic mass is 10.1. The van der Waals surface area contributed by atoms with Gasteiger partial charge in [0, 0.05) is 11.8 Å². The van der Waals surface area contributed by atoms with Gasteiger partial charge in [-0.05, 0) is 5.92 Å². The number of alkyl halides is 1. The number of hydrogen-bond donors (Lipinski definition) is 1. The molecule has 1 amide bonds. The fraction of sp³-hybridized carbons (Fsp3) is 0.556. The van der Waals surface area contributed by atoms with Gasteiger partial charge in [0.25, 0.3) is 0 Å². The van der Waals surface area contributed by atoms with Crippen LogP contribution in [0.4, 0.5) is 5.13 Å². The van der Waals surface area contributed by atoms with Crippen LogP contribution in [0.15, 0.2) is 5.38 Å². The zero-order valence-corrected chi connectivity index (χ0v) is 9.78. The zero-order chi connectivity index (χ0) is 10.6. The summed E-state index contributed by atoms with van der Waals surface area (Å²) in [5.74, 6) is 0.759. The van der Waals surface area contributed by atoms with Gasteiger partial charge in [0.1, 0.15) is 0 Å². The molecule has 0 bridgehead atoms. The van der Waals surface area contributed by atoms with Crippen LogP contribution in [0.25, 0.3) is 0 Å². The standard InChI is InChI=1S/C9H13ClN2OS/c1-6(2)3-8(13)12-9-11-7(4-10)5-14-9/h5-6H,3-4H2,1-2H3,(H,11,12,13). The normalized spacial score (nSPS) is 10.6. The van der Waals surface area contributed by atoms with Crippen molar-refractivity contribution < 1.29 is 4.79 Å². The molecule has 3 nitrogen and oxygen atoms in total. The number of aromatic nitrogens is 1. The van der Waals surface area contributed by atoms with Crippen LogP contribution in [0, 0.1) is 5.92 Å². The minimum Gasteiger partial charge on any atom is -0.302 e. The Hall–Kier alpha value is -0.610. The second-order valence-corrected chi connectivity index (χ2v) is 4.55. The maximum atomic E-state index is 11.3. The molecule has 0 radical (unpaired) electrons. The first-order chi connectivity index (χ1) is 6.61. The second kappa shape index (κ2) is 5.32. The van der Waals surface area contributed by atoms with Crippen molar-refractivity contribution in [2.24, 2.45) is 5.92 Å². The number of amides is 1. The summed E-state index contributed by atoms with van der Waals surface area (Å²) in [6, 6.07) is 0. The zero-order valence-electron chi connectivity index (χ0n) is 8.21. The summed E-state index contributed by atoms with van der Waals surface area (Å²) in [6.45, 7) is 4.01. The van der Waals surface area contributed by atoms with E-state index >= 15 is 0 Å². The third kappa shape index (κ3) is 3.64. The van der Waals surface area contributed by atoms with Crippen LogP contribution in [-0.4, -0.2) is 10.9 Å². The summed E-state index contributed by atoms with van der Waals surface area (Å²) in [5.41, 5.74) is 0.802. The number of carbonyl (C=O) groups excluding carboxylic acids is 1. The van der Waals surface area contributed by atoms with Crippen molar-refractivity contribution in [1.29, 1.82) is 0 Å². The van der Waals surface area contributed by atoms with Gasteiger partial charge < -0.3 is 5.32 Å². The minimum atomic E-state index is 0.00970. The van der Waals surface area contributed by atoms with Crippen LogP contribution in [0.3, 0.4) is 0 Å². The average Bonchev–Trinajstić information content (AvgIpc) is 2.50. The lowest BCUT2D eigenvalue weighted by Gasteiger charge is -2.03. The van der Waals surface area contributed by atoms with E-state index in [0.717, 1.165) is 5.69 Å². The van der Waals surface area contributed by atoms with E-state index in [1.165, 1.54) is 11.3 Å². The number of nitrogens with zero attached hydrogens (tertiary/aromatic N) is 1. The van der Waals surface area contributed by atoms with Crippen molar-refractivity contribution in [3.8, 4) is 0 Å². The fourth-order valence-electron chi connectivity index (χ4n) is 0.967. The highest BCUT2D eigenvalue weighted by Crippen LogP contribution is 2.17. The lowest BCUT2D eigenvalue weighted by Crippen LogP contribution is -2.13. The monoisotopic (exact) mass is 232 g/mol. The number of hydrogen-bond acceptors (Lipinski definition) is 3. The Morgan fingerprint density at radius 1 is 1.71 bits per heavy atom. The molecule has 1 aromatic rings. The molecule has 14 heavy (non-hydrogen) atoms.